The zero-order valence-corrected chi connectivity index (χ0v) is 17.5. The summed E-state index contributed by atoms with van der Waals surface area (Å²) in [7, 11) is 0. The molecule has 0 bridgehead atoms. The summed E-state index contributed by atoms with van der Waals surface area (Å²) in [5, 5.41) is 0. The molecular formula is C21H27NO8. The zero-order valence-electron chi connectivity index (χ0n) is 17.5. The normalized spacial score (nSPS) is 15.8. The Hall–Kier alpha value is -3.10. The van der Waals surface area contributed by atoms with Gasteiger partial charge in [-0.25, -0.2) is 14.4 Å². The number of carbonyl (C=O) groups excluding carboxylic acids is 4. The number of rotatable bonds is 7. The summed E-state index contributed by atoms with van der Waals surface area (Å²) in [4.78, 5) is 50.3. The molecule has 0 saturated carbocycles. The Balaban J connectivity index is 2.18. The Kier molecular flexibility index (Phi) is 8.64. The van der Waals surface area contributed by atoms with Crippen molar-refractivity contribution in [3.05, 3.63) is 29.3 Å². The van der Waals surface area contributed by atoms with Crippen LogP contribution in [-0.4, -0.2) is 61.8 Å². The van der Waals surface area contributed by atoms with Gasteiger partial charge in [0, 0.05) is 13.1 Å². The Morgan fingerprint density at radius 1 is 0.900 bits per heavy atom. The number of ether oxygens (including phenoxy) is 4. The van der Waals surface area contributed by atoms with Crippen LogP contribution in [-0.2, 0) is 19.0 Å². The summed E-state index contributed by atoms with van der Waals surface area (Å²) in [5.41, 5.74) is 0.143. The lowest BCUT2D eigenvalue weighted by molar-refractivity contribution is -0.140. The monoisotopic (exact) mass is 421 g/mol. The van der Waals surface area contributed by atoms with Gasteiger partial charge in [0.1, 0.15) is 5.75 Å². The molecule has 1 atom stereocenters. The van der Waals surface area contributed by atoms with Gasteiger partial charge in [0.2, 0.25) is 0 Å². The average Bonchev–Trinajstić information content (AvgIpc) is 2.74. The maximum absolute atomic E-state index is 12.7. The molecule has 0 aliphatic carbocycles. The van der Waals surface area contributed by atoms with Crippen molar-refractivity contribution in [1.29, 1.82) is 0 Å². The minimum atomic E-state index is -0.646. The molecule has 1 unspecified atom stereocenters. The quantitative estimate of drug-likeness (QED) is 0.376. The van der Waals surface area contributed by atoms with Crippen molar-refractivity contribution in [2.75, 3.05) is 32.9 Å². The van der Waals surface area contributed by atoms with Gasteiger partial charge in [-0.3, -0.25) is 4.79 Å². The molecular weight excluding hydrogens is 394 g/mol. The van der Waals surface area contributed by atoms with E-state index in [-0.39, 0.29) is 43.2 Å². The molecule has 9 nitrogen and oxygen atoms in total. The van der Waals surface area contributed by atoms with Crippen LogP contribution in [0.5, 0.6) is 5.75 Å². The predicted octanol–water partition coefficient (Wildman–Crippen LogP) is 2.81. The number of carbonyl (C=O) groups is 4. The molecule has 0 aromatic heterocycles. The van der Waals surface area contributed by atoms with Gasteiger partial charge in [-0.05, 0) is 51.8 Å². The maximum Gasteiger partial charge on any atom is 0.409 e. The number of esters is 3. The van der Waals surface area contributed by atoms with Crippen LogP contribution in [0.1, 0.15) is 54.3 Å². The molecule has 1 aliphatic rings. The number of nitrogens with zero attached hydrogens (tertiary/aromatic N) is 1. The van der Waals surface area contributed by atoms with Gasteiger partial charge in [-0.15, -0.1) is 0 Å². The van der Waals surface area contributed by atoms with Crippen LogP contribution in [0.2, 0.25) is 0 Å². The van der Waals surface area contributed by atoms with E-state index >= 15 is 0 Å². The molecule has 1 heterocycles. The summed E-state index contributed by atoms with van der Waals surface area (Å²) in [6.07, 6.45) is 0.718. The number of benzene rings is 1. The third kappa shape index (κ3) is 6.20. The molecule has 1 fully saturated rings. The summed E-state index contributed by atoms with van der Waals surface area (Å²) < 4.78 is 20.4. The maximum atomic E-state index is 12.7. The van der Waals surface area contributed by atoms with Crippen LogP contribution < -0.4 is 4.74 Å². The largest absolute Gasteiger partial charge is 0.462 e. The highest BCUT2D eigenvalue weighted by molar-refractivity contribution is 5.96. The van der Waals surface area contributed by atoms with Crippen molar-refractivity contribution >= 4 is 24.0 Å². The molecule has 1 aromatic carbocycles. The van der Waals surface area contributed by atoms with Crippen molar-refractivity contribution < 1.29 is 38.1 Å². The average molecular weight is 421 g/mol. The van der Waals surface area contributed by atoms with E-state index in [4.69, 9.17) is 18.9 Å². The molecule has 1 aliphatic heterocycles. The lowest BCUT2D eigenvalue weighted by atomic mass is 9.98. The third-order valence-corrected chi connectivity index (χ3v) is 4.43. The molecule has 0 radical (unpaired) electrons. The second kappa shape index (κ2) is 11.2. The van der Waals surface area contributed by atoms with Gasteiger partial charge in [0.25, 0.3) is 0 Å². The Bertz CT molecular complexity index is 755. The Labute approximate surface area is 175 Å². The van der Waals surface area contributed by atoms with Gasteiger partial charge >= 0.3 is 24.0 Å². The van der Waals surface area contributed by atoms with Crippen LogP contribution in [0.3, 0.4) is 0 Å². The van der Waals surface area contributed by atoms with E-state index in [9.17, 15) is 19.2 Å². The van der Waals surface area contributed by atoms with E-state index in [1.807, 2.05) is 0 Å². The van der Waals surface area contributed by atoms with Crippen molar-refractivity contribution in [2.45, 2.75) is 33.6 Å². The number of amides is 1. The first kappa shape index (κ1) is 23.2. The highest BCUT2D eigenvalue weighted by atomic mass is 16.6. The molecule has 30 heavy (non-hydrogen) atoms. The fourth-order valence-corrected chi connectivity index (χ4v) is 3.07. The fraction of sp³-hybridized carbons (Fsp3) is 0.524. The molecule has 1 saturated heterocycles. The van der Waals surface area contributed by atoms with E-state index in [2.05, 4.69) is 0 Å². The molecule has 164 valence electrons. The SMILES string of the molecule is CCOC(=O)c1cc(OC(=O)C2CCCN(C(=O)OCC)C2)cc(C(=O)OCC)c1. The second-order valence-electron chi connectivity index (χ2n) is 6.59. The van der Waals surface area contributed by atoms with E-state index < -0.39 is 29.9 Å². The van der Waals surface area contributed by atoms with Crippen LogP contribution in [0.25, 0.3) is 0 Å². The van der Waals surface area contributed by atoms with Crippen LogP contribution in [0.4, 0.5) is 4.79 Å². The van der Waals surface area contributed by atoms with Crippen LogP contribution in [0.15, 0.2) is 18.2 Å². The fourth-order valence-electron chi connectivity index (χ4n) is 3.07. The standard InChI is InChI=1S/C21H27NO8/c1-4-27-18(23)15-10-16(19(24)28-5-2)12-17(11-15)30-20(25)14-8-7-9-22(13-14)21(26)29-6-3/h10-12,14H,4-9,13H2,1-3H3. The van der Waals surface area contributed by atoms with Gasteiger partial charge in [-0.2, -0.15) is 0 Å². The third-order valence-electron chi connectivity index (χ3n) is 4.43. The van der Waals surface area contributed by atoms with Gasteiger partial charge in [-0.1, -0.05) is 0 Å². The number of hydrogen-bond donors (Lipinski definition) is 0. The van der Waals surface area contributed by atoms with E-state index in [1.165, 1.54) is 23.1 Å². The summed E-state index contributed by atoms with van der Waals surface area (Å²) in [6.45, 7) is 6.28. The first-order valence-corrected chi connectivity index (χ1v) is 10.0. The first-order chi connectivity index (χ1) is 14.4. The molecule has 1 aromatic rings. The summed E-state index contributed by atoms with van der Waals surface area (Å²) in [6, 6.07) is 4.01. The molecule has 2 rings (SSSR count). The van der Waals surface area contributed by atoms with Crippen molar-refractivity contribution in [3.63, 3.8) is 0 Å². The van der Waals surface area contributed by atoms with E-state index in [0.29, 0.717) is 19.4 Å². The Morgan fingerprint density at radius 3 is 2.00 bits per heavy atom. The van der Waals surface area contributed by atoms with Crippen molar-refractivity contribution in [3.8, 4) is 5.75 Å². The summed E-state index contributed by atoms with van der Waals surface area (Å²) >= 11 is 0. The topological polar surface area (TPSA) is 108 Å². The lowest BCUT2D eigenvalue weighted by Crippen LogP contribution is -2.43. The van der Waals surface area contributed by atoms with Gasteiger partial charge < -0.3 is 23.8 Å². The highest BCUT2D eigenvalue weighted by Gasteiger charge is 2.31. The number of likely N-dealkylation sites (tertiary alicyclic amines) is 1. The first-order valence-electron chi connectivity index (χ1n) is 10.0. The van der Waals surface area contributed by atoms with Crippen LogP contribution in [0, 0.1) is 5.92 Å². The predicted molar refractivity (Wildman–Crippen MR) is 105 cm³/mol. The zero-order chi connectivity index (χ0) is 22.1. The van der Waals surface area contributed by atoms with Gasteiger partial charge in [0.15, 0.2) is 0 Å². The minimum absolute atomic E-state index is 0.0295. The lowest BCUT2D eigenvalue weighted by Gasteiger charge is -2.30. The Morgan fingerprint density at radius 2 is 1.47 bits per heavy atom. The minimum Gasteiger partial charge on any atom is -0.462 e. The van der Waals surface area contributed by atoms with Crippen LogP contribution >= 0.6 is 0 Å². The molecule has 0 N–H and O–H groups in total. The highest BCUT2D eigenvalue weighted by Crippen LogP contribution is 2.23. The second-order valence-corrected chi connectivity index (χ2v) is 6.59. The van der Waals surface area contributed by atoms with E-state index in [1.54, 1.807) is 20.8 Å². The number of piperidine rings is 1. The van der Waals surface area contributed by atoms with Crippen molar-refractivity contribution in [2.24, 2.45) is 5.92 Å². The number of hydrogen-bond acceptors (Lipinski definition) is 8. The molecule has 1 amide bonds. The molecule has 0 spiro atoms. The van der Waals surface area contributed by atoms with Gasteiger partial charge in [0.05, 0.1) is 36.9 Å². The summed E-state index contributed by atoms with van der Waals surface area (Å²) in [5.74, 6) is -2.36. The molecule has 9 heteroatoms. The smallest absolute Gasteiger partial charge is 0.409 e. The van der Waals surface area contributed by atoms with Crippen molar-refractivity contribution in [1.82, 2.24) is 4.90 Å². The van der Waals surface area contributed by atoms with E-state index in [0.717, 1.165) is 0 Å².